The summed E-state index contributed by atoms with van der Waals surface area (Å²) in [5, 5.41) is 0. The van der Waals surface area contributed by atoms with Gasteiger partial charge in [0.1, 0.15) is 12.4 Å². The summed E-state index contributed by atoms with van der Waals surface area (Å²) in [6, 6.07) is 17.0. The van der Waals surface area contributed by atoms with Crippen LogP contribution < -0.4 is 0 Å². The molecule has 0 N–H and O–H groups in total. The van der Waals surface area contributed by atoms with Gasteiger partial charge in [0.25, 0.3) is 0 Å². The van der Waals surface area contributed by atoms with Crippen LogP contribution in [0.5, 0.6) is 0 Å². The second-order valence-corrected chi connectivity index (χ2v) is 8.77. The highest BCUT2D eigenvalue weighted by Crippen LogP contribution is 2.28. The minimum absolute atomic E-state index is 0.110. The normalized spacial score (nSPS) is 12.5. The summed E-state index contributed by atoms with van der Waals surface area (Å²) in [6.07, 6.45) is 3.20. The number of carbonyl (C=O) groups is 1. The van der Waals surface area contributed by atoms with E-state index in [0.29, 0.717) is 12.5 Å². The van der Waals surface area contributed by atoms with Crippen LogP contribution >= 0.6 is 0 Å². The van der Waals surface area contributed by atoms with E-state index >= 15 is 0 Å². The number of fused-ring (bicyclic) bond motifs is 1. The van der Waals surface area contributed by atoms with E-state index in [2.05, 4.69) is 62.6 Å². The van der Waals surface area contributed by atoms with Crippen LogP contribution in [0.1, 0.15) is 63.4 Å². The molecule has 1 amide bonds. The molecule has 0 spiro atoms. The van der Waals surface area contributed by atoms with Crippen molar-refractivity contribution in [3.8, 4) is 0 Å². The Kier molecular flexibility index (Phi) is 7.30. The first kappa shape index (κ1) is 22.1. The van der Waals surface area contributed by atoms with E-state index in [-0.39, 0.29) is 11.8 Å². The Morgan fingerprint density at radius 2 is 1.77 bits per heavy atom. The van der Waals surface area contributed by atoms with Crippen molar-refractivity contribution in [3.05, 3.63) is 65.5 Å². The third-order valence-electron chi connectivity index (χ3n) is 5.76. The topological polar surface area (TPSA) is 38.1 Å². The van der Waals surface area contributed by atoms with Crippen molar-refractivity contribution in [3.63, 3.8) is 0 Å². The number of para-hydroxylation sites is 2. The van der Waals surface area contributed by atoms with Gasteiger partial charge in [-0.2, -0.15) is 0 Å². The Balaban J connectivity index is 1.91. The van der Waals surface area contributed by atoms with E-state index in [1.54, 1.807) is 0 Å². The van der Waals surface area contributed by atoms with Gasteiger partial charge in [0.15, 0.2) is 0 Å². The number of benzene rings is 2. The van der Waals surface area contributed by atoms with Crippen LogP contribution in [0, 0.1) is 5.92 Å². The number of aromatic nitrogens is 2. The van der Waals surface area contributed by atoms with Gasteiger partial charge in [0, 0.05) is 19.5 Å². The zero-order chi connectivity index (χ0) is 21.7. The molecule has 3 aromatic rings. The molecule has 4 nitrogen and oxygen atoms in total. The van der Waals surface area contributed by atoms with Crippen LogP contribution in [0.2, 0.25) is 0 Å². The summed E-state index contributed by atoms with van der Waals surface area (Å²) in [6.45, 7) is 9.94. The van der Waals surface area contributed by atoms with Gasteiger partial charge >= 0.3 is 0 Å². The van der Waals surface area contributed by atoms with Crippen LogP contribution in [0.25, 0.3) is 11.0 Å². The first-order valence-electron chi connectivity index (χ1n) is 11.2. The monoisotopic (exact) mass is 405 g/mol. The van der Waals surface area contributed by atoms with Crippen LogP contribution in [0.15, 0.2) is 48.5 Å². The lowest BCUT2D eigenvalue weighted by Gasteiger charge is -2.20. The van der Waals surface area contributed by atoms with Crippen molar-refractivity contribution < 1.29 is 4.79 Å². The van der Waals surface area contributed by atoms with Gasteiger partial charge in [0.2, 0.25) is 5.91 Å². The standard InChI is InChI=1S/C26H35N3O/c1-6-7-16-28(5)25(30)18-29-24-11-9-8-10-23(24)27-26(29)20(4)22-14-12-21(13-15-22)17-19(2)3/h8-15,19-20H,6-7,16-18H2,1-5H3/t20-/m1/s1. The van der Waals surface area contributed by atoms with Crippen molar-refractivity contribution in [2.24, 2.45) is 5.92 Å². The third kappa shape index (κ3) is 5.10. The predicted molar refractivity (Wildman–Crippen MR) is 125 cm³/mol. The first-order chi connectivity index (χ1) is 14.4. The lowest BCUT2D eigenvalue weighted by atomic mass is 9.96. The van der Waals surface area contributed by atoms with Crippen molar-refractivity contribution >= 4 is 16.9 Å². The third-order valence-corrected chi connectivity index (χ3v) is 5.76. The summed E-state index contributed by atoms with van der Waals surface area (Å²) < 4.78 is 2.10. The summed E-state index contributed by atoms with van der Waals surface area (Å²) in [4.78, 5) is 19.7. The summed E-state index contributed by atoms with van der Waals surface area (Å²) in [5.41, 5.74) is 4.56. The van der Waals surface area contributed by atoms with Crippen molar-refractivity contribution in [1.82, 2.24) is 14.5 Å². The molecule has 1 atom stereocenters. The zero-order valence-electron chi connectivity index (χ0n) is 19.1. The van der Waals surface area contributed by atoms with Gasteiger partial charge < -0.3 is 9.47 Å². The molecule has 3 rings (SSSR count). The number of likely N-dealkylation sites (N-methyl/N-ethyl adjacent to an activating group) is 1. The Morgan fingerprint density at radius 1 is 1.07 bits per heavy atom. The number of hydrogen-bond acceptors (Lipinski definition) is 2. The largest absolute Gasteiger partial charge is 0.344 e. The second kappa shape index (κ2) is 9.92. The molecule has 1 aromatic heterocycles. The number of nitrogens with zero attached hydrogens (tertiary/aromatic N) is 3. The number of hydrogen-bond donors (Lipinski definition) is 0. The number of unbranched alkanes of at least 4 members (excludes halogenated alkanes) is 1. The molecular formula is C26H35N3O. The quantitative estimate of drug-likeness (QED) is 0.462. The molecule has 2 aromatic carbocycles. The van der Waals surface area contributed by atoms with E-state index in [1.807, 2.05) is 30.1 Å². The second-order valence-electron chi connectivity index (χ2n) is 8.77. The minimum Gasteiger partial charge on any atom is -0.344 e. The van der Waals surface area contributed by atoms with Crippen LogP contribution in [-0.4, -0.2) is 34.0 Å². The van der Waals surface area contributed by atoms with Crippen LogP contribution in [0.4, 0.5) is 0 Å². The van der Waals surface area contributed by atoms with E-state index in [0.717, 1.165) is 42.7 Å². The Hall–Kier alpha value is -2.62. The molecule has 30 heavy (non-hydrogen) atoms. The Labute approximate surface area is 180 Å². The lowest BCUT2D eigenvalue weighted by Crippen LogP contribution is -2.31. The number of rotatable bonds is 9. The van der Waals surface area contributed by atoms with Crippen molar-refractivity contribution in [1.29, 1.82) is 0 Å². The van der Waals surface area contributed by atoms with E-state index in [4.69, 9.17) is 4.98 Å². The molecule has 0 fully saturated rings. The van der Waals surface area contributed by atoms with Crippen LogP contribution in [-0.2, 0) is 17.8 Å². The summed E-state index contributed by atoms with van der Waals surface area (Å²) in [7, 11) is 1.90. The van der Waals surface area contributed by atoms with Gasteiger partial charge in [-0.05, 0) is 42.0 Å². The Morgan fingerprint density at radius 3 is 2.43 bits per heavy atom. The zero-order valence-corrected chi connectivity index (χ0v) is 19.1. The fourth-order valence-corrected chi connectivity index (χ4v) is 3.93. The van der Waals surface area contributed by atoms with Gasteiger partial charge in [-0.1, -0.05) is 70.5 Å². The van der Waals surface area contributed by atoms with Gasteiger partial charge in [-0.3, -0.25) is 4.79 Å². The lowest BCUT2D eigenvalue weighted by molar-refractivity contribution is -0.130. The maximum absolute atomic E-state index is 12.9. The molecule has 160 valence electrons. The van der Waals surface area contributed by atoms with Gasteiger partial charge in [-0.15, -0.1) is 0 Å². The molecule has 0 aliphatic rings. The number of carbonyl (C=O) groups excluding carboxylic acids is 1. The first-order valence-corrected chi connectivity index (χ1v) is 11.2. The fraction of sp³-hybridized carbons (Fsp3) is 0.462. The van der Waals surface area contributed by atoms with Crippen molar-refractivity contribution in [2.45, 2.75) is 59.4 Å². The maximum atomic E-state index is 12.9. The molecule has 0 radical (unpaired) electrons. The summed E-state index contributed by atoms with van der Waals surface area (Å²) in [5.74, 6) is 1.84. The molecule has 0 aliphatic heterocycles. The van der Waals surface area contributed by atoms with Crippen molar-refractivity contribution in [2.75, 3.05) is 13.6 Å². The van der Waals surface area contributed by atoms with E-state index < -0.39 is 0 Å². The highest BCUT2D eigenvalue weighted by Gasteiger charge is 2.21. The molecular weight excluding hydrogens is 370 g/mol. The highest BCUT2D eigenvalue weighted by molar-refractivity contribution is 5.81. The molecule has 0 saturated heterocycles. The van der Waals surface area contributed by atoms with Crippen LogP contribution in [0.3, 0.4) is 0 Å². The van der Waals surface area contributed by atoms with E-state index in [9.17, 15) is 4.79 Å². The van der Waals surface area contributed by atoms with Gasteiger partial charge in [0.05, 0.1) is 11.0 Å². The summed E-state index contributed by atoms with van der Waals surface area (Å²) >= 11 is 0. The number of amides is 1. The minimum atomic E-state index is 0.110. The fourth-order valence-electron chi connectivity index (χ4n) is 3.93. The van der Waals surface area contributed by atoms with Gasteiger partial charge in [-0.25, -0.2) is 4.98 Å². The highest BCUT2D eigenvalue weighted by atomic mass is 16.2. The average Bonchev–Trinajstić information content (AvgIpc) is 3.10. The molecule has 0 unspecified atom stereocenters. The SMILES string of the molecule is CCCCN(C)C(=O)Cn1c([C@H](C)c2ccc(CC(C)C)cc2)nc2ccccc21. The Bertz CT molecular complexity index is 972. The molecule has 1 heterocycles. The molecule has 0 aliphatic carbocycles. The molecule has 0 bridgehead atoms. The average molecular weight is 406 g/mol. The van der Waals surface area contributed by atoms with E-state index in [1.165, 1.54) is 11.1 Å². The molecule has 4 heteroatoms. The molecule has 0 saturated carbocycles. The smallest absolute Gasteiger partial charge is 0.242 e. The maximum Gasteiger partial charge on any atom is 0.242 e. The number of imidazole rings is 1. The predicted octanol–water partition coefficient (Wildman–Crippen LogP) is 5.65.